The minimum atomic E-state index is -4.93. The number of hydrogen-bond acceptors (Lipinski definition) is 2. The third-order valence-corrected chi connectivity index (χ3v) is 1.73. The number of benzene rings is 1. The molecule has 2 nitrogen and oxygen atoms in total. The van der Waals surface area contributed by atoms with Crippen LogP contribution in [0, 0.1) is 0 Å². The van der Waals surface area contributed by atoms with Gasteiger partial charge in [0.05, 0.1) is 6.10 Å². The quantitative estimate of drug-likeness (QED) is 0.763. The second kappa shape index (κ2) is 4.35. The third-order valence-electron chi connectivity index (χ3n) is 1.73. The molecule has 0 aliphatic heterocycles. The first kappa shape index (κ1) is 11.6. The Kier molecular flexibility index (Phi) is 3.36. The Hall–Kier alpha value is -1.49. The highest BCUT2D eigenvalue weighted by molar-refractivity contribution is 5.21. The lowest BCUT2D eigenvalue weighted by Crippen LogP contribution is -2.23. The van der Waals surface area contributed by atoms with E-state index in [2.05, 4.69) is 0 Å². The van der Waals surface area contributed by atoms with Crippen LogP contribution in [0.15, 0.2) is 42.2 Å². The van der Waals surface area contributed by atoms with Crippen molar-refractivity contribution < 1.29 is 23.4 Å². The normalized spacial score (nSPS) is 15.1. The van der Waals surface area contributed by atoms with Crippen LogP contribution in [0.2, 0.25) is 0 Å². The summed E-state index contributed by atoms with van der Waals surface area (Å²) in [4.78, 5) is 0. The van der Waals surface area contributed by atoms with Crippen LogP contribution in [0.25, 0.3) is 0 Å². The monoisotopic (exact) mass is 217 g/mol. The van der Waals surface area contributed by atoms with E-state index in [4.69, 9.17) is 0 Å². The number of alkyl halides is 3. The molecular formula is C10H8F3O2-. The molecule has 1 aromatic carbocycles. The minimum Gasteiger partial charge on any atom is -0.870 e. The van der Waals surface area contributed by atoms with E-state index in [9.17, 15) is 23.4 Å². The molecule has 5 heteroatoms. The SMILES string of the molecule is [O-]/C(=C\C(O)c1ccccc1)C(F)(F)F. The van der Waals surface area contributed by atoms with Gasteiger partial charge in [0.2, 0.25) is 0 Å². The van der Waals surface area contributed by atoms with Crippen molar-refractivity contribution in [1.82, 2.24) is 0 Å². The van der Waals surface area contributed by atoms with Crippen LogP contribution in [0.3, 0.4) is 0 Å². The summed E-state index contributed by atoms with van der Waals surface area (Å²) in [7, 11) is 0. The molecule has 1 unspecified atom stereocenters. The molecule has 82 valence electrons. The zero-order chi connectivity index (χ0) is 11.5. The predicted molar refractivity (Wildman–Crippen MR) is 45.5 cm³/mol. The molecule has 0 spiro atoms. The number of hydrogen-bond donors (Lipinski definition) is 1. The fraction of sp³-hybridized carbons (Fsp3) is 0.200. The van der Waals surface area contributed by atoms with E-state index in [-0.39, 0.29) is 11.6 Å². The van der Waals surface area contributed by atoms with E-state index >= 15 is 0 Å². The lowest BCUT2D eigenvalue weighted by molar-refractivity contribution is -0.361. The molecular weight excluding hydrogens is 209 g/mol. The van der Waals surface area contributed by atoms with Gasteiger partial charge in [-0.1, -0.05) is 36.4 Å². The number of aliphatic hydroxyl groups is 1. The van der Waals surface area contributed by atoms with Gasteiger partial charge in [-0.2, -0.15) is 13.2 Å². The van der Waals surface area contributed by atoms with Gasteiger partial charge in [0, 0.05) is 0 Å². The molecule has 0 bridgehead atoms. The van der Waals surface area contributed by atoms with Crippen molar-refractivity contribution >= 4 is 0 Å². The average Bonchev–Trinajstić information content (AvgIpc) is 2.17. The highest BCUT2D eigenvalue weighted by atomic mass is 19.4. The Morgan fingerprint density at radius 1 is 1.27 bits per heavy atom. The summed E-state index contributed by atoms with van der Waals surface area (Å²) >= 11 is 0. The maximum atomic E-state index is 11.8. The first-order valence-corrected chi connectivity index (χ1v) is 4.10. The highest BCUT2D eigenvalue weighted by Crippen LogP contribution is 2.24. The highest BCUT2D eigenvalue weighted by Gasteiger charge is 2.26. The number of halogens is 3. The van der Waals surface area contributed by atoms with Crippen molar-refractivity contribution in [1.29, 1.82) is 0 Å². The second-order valence-electron chi connectivity index (χ2n) is 2.88. The summed E-state index contributed by atoms with van der Waals surface area (Å²) in [5, 5.41) is 19.8. The Balaban J connectivity index is 2.84. The fourth-order valence-corrected chi connectivity index (χ4v) is 0.984. The summed E-state index contributed by atoms with van der Waals surface area (Å²) in [6.07, 6.45) is -6.22. The zero-order valence-electron chi connectivity index (χ0n) is 7.53. The van der Waals surface area contributed by atoms with Crippen molar-refractivity contribution in [3.8, 4) is 0 Å². The summed E-state index contributed by atoms with van der Waals surface area (Å²) < 4.78 is 35.5. The Morgan fingerprint density at radius 3 is 2.27 bits per heavy atom. The van der Waals surface area contributed by atoms with Crippen LogP contribution in [-0.2, 0) is 0 Å². The van der Waals surface area contributed by atoms with E-state index in [1.54, 1.807) is 18.2 Å². The van der Waals surface area contributed by atoms with E-state index in [1.807, 2.05) is 0 Å². The van der Waals surface area contributed by atoms with Gasteiger partial charge in [0.15, 0.2) is 0 Å². The number of aliphatic hydroxyl groups excluding tert-OH is 1. The molecule has 0 heterocycles. The van der Waals surface area contributed by atoms with E-state index < -0.39 is 18.0 Å². The molecule has 0 aliphatic carbocycles. The number of rotatable bonds is 2. The minimum absolute atomic E-state index is 0.245. The maximum Gasteiger partial charge on any atom is 0.402 e. The van der Waals surface area contributed by atoms with Gasteiger partial charge in [-0.3, -0.25) is 0 Å². The molecule has 0 aromatic heterocycles. The van der Waals surface area contributed by atoms with Crippen LogP contribution >= 0.6 is 0 Å². The van der Waals surface area contributed by atoms with Gasteiger partial charge in [-0.25, -0.2) is 0 Å². The summed E-state index contributed by atoms with van der Waals surface area (Å²) in [5.74, 6) is -2.04. The molecule has 1 rings (SSSR count). The molecule has 0 radical (unpaired) electrons. The van der Waals surface area contributed by atoms with Crippen LogP contribution in [0.1, 0.15) is 11.7 Å². The van der Waals surface area contributed by atoms with Gasteiger partial charge in [-0.05, 0) is 11.3 Å². The van der Waals surface area contributed by atoms with Gasteiger partial charge in [-0.15, -0.1) is 0 Å². The molecule has 0 amide bonds. The molecule has 0 saturated carbocycles. The van der Waals surface area contributed by atoms with Crippen LogP contribution in [0.5, 0.6) is 0 Å². The topological polar surface area (TPSA) is 43.3 Å². The number of allylic oxidation sites excluding steroid dienone is 1. The second-order valence-corrected chi connectivity index (χ2v) is 2.88. The van der Waals surface area contributed by atoms with Crippen LogP contribution < -0.4 is 5.11 Å². The molecule has 0 fully saturated rings. The summed E-state index contributed by atoms with van der Waals surface area (Å²) in [5.41, 5.74) is 0.245. The largest absolute Gasteiger partial charge is 0.870 e. The van der Waals surface area contributed by atoms with Gasteiger partial charge in [0.25, 0.3) is 0 Å². The lowest BCUT2D eigenvalue weighted by atomic mass is 10.1. The maximum absolute atomic E-state index is 11.8. The van der Waals surface area contributed by atoms with E-state index in [0.29, 0.717) is 0 Å². The standard InChI is InChI=1S/C10H9F3O2/c11-10(12,13)9(15)6-8(14)7-4-2-1-3-5-7/h1-6,8,14-15H/p-1/b9-6-. The molecule has 0 saturated heterocycles. The van der Waals surface area contributed by atoms with Crippen molar-refractivity contribution in [2.75, 3.05) is 0 Å². The zero-order valence-corrected chi connectivity index (χ0v) is 7.53. The summed E-state index contributed by atoms with van der Waals surface area (Å²) in [6, 6.07) is 7.65. The van der Waals surface area contributed by atoms with E-state index in [1.165, 1.54) is 12.1 Å². The van der Waals surface area contributed by atoms with Crippen molar-refractivity contribution in [3.05, 3.63) is 47.7 Å². The third kappa shape index (κ3) is 3.28. The molecule has 0 aliphatic rings. The molecule has 1 aromatic rings. The van der Waals surface area contributed by atoms with Crippen LogP contribution in [0.4, 0.5) is 13.2 Å². The predicted octanol–water partition coefficient (Wildman–Crippen LogP) is 1.53. The Morgan fingerprint density at radius 2 is 1.80 bits per heavy atom. The lowest BCUT2D eigenvalue weighted by Gasteiger charge is -2.17. The van der Waals surface area contributed by atoms with Crippen molar-refractivity contribution in [3.63, 3.8) is 0 Å². The smallest absolute Gasteiger partial charge is 0.402 e. The van der Waals surface area contributed by atoms with Crippen molar-refractivity contribution in [2.24, 2.45) is 0 Å². The van der Waals surface area contributed by atoms with Crippen LogP contribution in [-0.4, -0.2) is 11.3 Å². The van der Waals surface area contributed by atoms with Gasteiger partial charge in [0.1, 0.15) is 0 Å². The first-order chi connectivity index (χ1) is 6.91. The van der Waals surface area contributed by atoms with E-state index in [0.717, 1.165) is 0 Å². The first-order valence-electron chi connectivity index (χ1n) is 4.10. The Labute approximate surface area is 84.3 Å². The molecule has 1 N–H and O–H groups in total. The Bertz CT molecular complexity index is 343. The van der Waals surface area contributed by atoms with Crippen molar-refractivity contribution in [2.45, 2.75) is 12.3 Å². The van der Waals surface area contributed by atoms with Gasteiger partial charge < -0.3 is 10.2 Å². The molecule has 1 atom stereocenters. The van der Waals surface area contributed by atoms with Gasteiger partial charge >= 0.3 is 6.18 Å². The molecule has 15 heavy (non-hydrogen) atoms. The average molecular weight is 217 g/mol. The fourth-order valence-electron chi connectivity index (χ4n) is 0.984. The summed E-state index contributed by atoms with van der Waals surface area (Å²) in [6.45, 7) is 0.